The van der Waals surface area contributed by atoms with Gasteiger partial charge in [-0.2, -0.15) is 10.2 Å². The van der Waals surface area contributed by atoms with Crippen LogP contribution < -0.4 is 0 Å². The third-order valence-corrected chi connectivity index (χ3v) is 10.7. The van der Waals surface area contributed by atoms with Crippen LogP contribution in [-0.2, 0) is 13.1 Å². The number of hydrogen-bond acceptors (Lipinski definition) is 6. The Bertz CT molecular complexity index is 1610. The Kier molecular flexibility index (Phi) is 11.3. The zero-order chi connectivity index (χ0) is 34.3. The van der Waals surface area contributed by atoms with Gasteiger partial charge >= 0.3 is 0 Å². The predicted octanol–water partition coefficient (Wildman–Crippen LogP) is 5.12. The summed E-state index contributed by atoms with van der Waals surface area (Å²) in [6, 6.07) is 21.6. The second-order valence-corrected chi connectivity index (χ2v) is 14.2. The molecule has 0 spiro atoms. The van der Waals surface area contributed by atoms with E-state index in [2.05, 4.69) is 33.8 Å². The summed E-state index contributed by atoms with van der Waals surface area (Å²) >= 11 is 0. The molecule has 4 heterocycles. The maximum atomic E-state index is 12.8. The van der Waals surface area contributed by atoms with E-state index in [1.54, 1.807) is 12.4 Å². The van der Waals surface area contributed by atoms with Gasteiger partial charge in [0.2, 0.25) is 0 Å². The molecule has 0 bridgehead atoms. The minimum absolute atomic E-state index is 0.108. The molecular weight excluding hydrogens is 612 g/mol. The predicted molar refractivity (Wildman–Crippen MR) is 192 cm³/mol. The van der Waals surface area contributed by atoms with Crippen molar-refractivity contribution < 1.29 is 9.59 Å². The molecule has 10 nitrogen and oxygen atoms in total. The van der Waals surface area contributed by atoms with E-state index in [1.807, 2.05) is 106 Å². The molecule has 4 aromatic rings. The van der Waals surface area contributed by atoms with Gasteiger partial charge in [-0.25, -0.2) is 0 Å². The second-order valence-electron chi connectivity index (χ2n) is 14.2. The molecule has 3 aliphatic rings. The molecule has 7 rings (SSSR count). The number of carbonyl (C=O) groups is 2. The molecule has 2 aromatic carbocycles. The molecular formula is C39H52N8O2. The van der Waals surface area contributed by atoms with Crippen molar-refractivity contribution in [2.24, 2.45) is 0 Å². The fourth-order valence-electron chi connectivity index (χ4n) is 7.13. The molecule has 0 unspecified atom stereocenters. The molecule has 1 saturated carbocycles. The number of nitrogens with zero attached hydrogens (tertiary/aromatic N) is 8. The Morgan fingerprint density at radius 1 is 0.714 bits per heavy atom. The third kappa shape index (κ3) is 8.66. The normalized spacial score (nSPS) is 19.8. The quantitative estimate of drug-likeness (QED) is 0.234. The Hall–Kier alpha value is -4.28. The maximum absolute atomic E-state index is 12.8. The van der Waals surface area contributed by atoms with Gasteiger partial charge in [-0.15, -0.1) is 0 Å². The Morgan fingerprint density at radius 3 is 1.61 bits per heavy atom. The third-order valence-electron chi connectivity index (χ3n) is 10.7. The Morgan fingerprint density at radius 2 is 1.20 bits per heavy atom. The van der Waals surface area contributed by atoms with E-state index in [-0.39, 0.29) is 11.8 Å². The van der Waals surface area contributed by atoms with Crippen LogP contribution in [0.25, 0.3) is 0 Å². The lowest BCUT2D eigenvalue weighted by Gasteiger charge is -2.35. The van der Waals surface area contributed by atoms with Crippen molar-refractivity contribution in [1.82, 2.24) is 39.2 Å². The first-order valence-corrected chi connectivity index (χ1v) is 17.9. The first-order valence-electron chi connectivity index (χ1n) is 17.9. The molecule has 260 valence electrons. The van der Waals surface area contributed by atoms with Crippen molar-refractivity contribution in [3.63, 3.8) is 0 Å². The van der Waals surface area contributed by atoms with Crippen LogP contribution in [0.1, 0.15) is 77.8 Å². The smallest absolute Gasteiger partial charge is 0.253 e. The van der Waals surface area contributed by atoms with Gasteiger partial charge in [-0.1, -0.05) is 30.7 Å². The van der Waals surface area contributed by atoms with Gasteiger partial charge in [0.1, 0.15) is 0 Å². The lowest BCUT2D eigenvalue weighted by molar-refractivity contribution is 0.0716. The lowest BCUT2D eigenvalue weighted by atomic mass is 9.92. The molecule has 49 heavy (non-hydrogen) atoms. The van der Waals surface area contributed by atoms with Crippen LogP contribution in [0, 0.1) is 0 Å². The Balaban J connectivity index is 0.000000170. The molecule has 2 saturated heterocycles. The summed E-state index contributed by atoms with van der Waals surface area (Å²) in [5.41, 5.74) is 3.82. The van der Waals surface area contributed by atoms with Crippen molar-refractivity contribution in [3.05, 3.63) is 108 Å². The van der Waals surface area contributed by atoms with Crippen molar-refractivity contribution in [3.8, 4) is 0 Å². The summed E-state index contributed by atoms with van der Waals surface area (Å²) in [4.78, 5) is 34.4. The summed E-state index contributed by atoms with van der Waals surface area (Å²) in [6.45, 7) is 10.1. The van der Waals surface area contributed by atoms with E-state index < -0.39 is 0 Å². The highest BCUT2D eigenvalue weighted by Crippen LogP contribution is 2.29. The Labute approximate surface area is 291 Å². The van der Waals surface area contributed by atoms with Crippen molar-refractivity contribution in [1.29, 1.82) is 0 Å². The highest BCUT2D eigenvalue weighted by molar-refractivity contribution is 5.94. The van der Waals surface area contributed by atoms with Crippen LogP contribution >= 0.6 is 0 Å². The summed E-state index contributed by atoms with van der Waals surface area (Å²) in [5.74, 6) is 0.238. The summed E-state index contributed by atoms with van der Waals surface area (Å²) in [7, 11) is 3.88. The fraction of sp³-hybridized carbons (Fsp3) is 0.487. The zero-order valence-corrected chi connectivity index (χ0v) is 29.6. The van der Waals surface area contributed by atoms with Crippen LogP contribution in [0.3, 0.4) is 0 Å². The minimum atomic E-state index is 0.108. The standard InChI is InChI=1S/C20H26N4O.C19H26N4O/c1-22(19-10-13-23(15-19)18-4-2-5-18)20(25)17-8-6-16(7-9-17)14-24-12-3-11-21-24;1-15(2)22-12-9-18(14-22)21(3)19(24)17-7-5-16(6-8-17)13-23-11-4-10-20-23/h3,6-9,11-12,18-19H,2,4-5,10,13-15H2,1H3;4-8,10-11,15,18H,9,12-14H2,1-3H3/t19-;18-/m11/s1. The SMILES string of the molecule is CC(C)N1CC[C@@H](N(C)C(=O)c2ccc(Cn3cccn3)cc2)C1.CN(C(=O)c1ccc(Cn2cccn2)cc1)[C@@H]1CCN(C2CCC2)C1. The van der Waals surface area contributed by atoms with Crippen LogP contribution in [-0.4, -0.2) is 115 Å². The number of hydrogen-bond donors (Lipinski definition) is 0. The number of likely N-dealkylation sites (N-methyl/N-ethyl adjacent to an activating group) is 2. The van der Waals surface area contributed by atoms with Crippen LogP contribution in [0.4, 0.5) is 0 Å². The van der Waals surface area contributed by atoms with Crippen molar-refractivity contribution >= 4 is 11.8 Å². The molecule has 10 heteroatoms. The molecule has 2 atom stereocenters. The molecule has 0 radical (unpaired) electrons. The van der Waals surface area contributed by atoms with Gasteiger partial charge in [-0.3, -0.25) is 28.8 Å². The number of rotatable bonds is 10. The minimum Gasteiger partial charge on any atom is -0.337 e. The summed E-state index contributed by atoms with van der Waals surface area (Å²) in [5, 5.41) is 8.43. The van der Waals surface area contributed by atoms with Gasteiger partial charge < -0.3 is 9.80 Å². The average molecular weight is 665 g/mol. The maximum Gasteiger partial charge on any atom is 0.253 e. The number of amides is 2. The van der Waals surface area contributed by atoms with Gasteiger partial charge in [0.05, 0.1) is 13.1 Å². The lowest BCUT2D eigenvalue weighted by Crippen LogP contribution is -2.43. The molecule has 3 fully saturated rings. The summed E-state index contributed by atoms with van der Waals surface area (Å²) < 4.78 is 3.76. The summed E-state index contributed by atoms with van der Waals surface area (Å²) in [6.07, 6.45) is 13.6. The number of carbonyl (C=O) groups excluding carboxylic acids is 2. The van der Waals surface area contributed by atoms with Crippen LogP contribution in [0.15, 0.2) is 85.5 Å². The molecule has 0 N–H and O–H groups in total. The van der Waals surface area contributed by atoms with E-state index in [0.717, 1.165) is 80.4 Å². The van der Waals surface area contributed by atoms with Gasteiger partial charge in [0.25, 0.3) is 11.8 Å². The van der Waals surface area contributed by atoms with E-state index in [1.165, 1.54) is 19.3 Å². The van der Waals surface area contributed by atoms with E-state index >= 15 is 0 Å². The highest BCUT2D eigenvalue weighted by atomic mass is 16.2. The number of likely N-dealkylation sites (tertiary alicyclic amines) is 2. The van der Waals surface area contributed by atoms with E-state index in [4.69, 9.17) is 0 Å². The van der Waals surface area contributed by atoms with E-state index in [9.17, 15) is 9.59 Å². The van der Waals surface area contributed by atoms with Gasteiger partial charge in [0, 0.05) is 100 Å². The fourth-order valence-corrected chi connectivity index (χ4v) is 7.13. The highest BCUT2D eigenvalue weighted by Gasteiger charge is 2.34. The first-order chi connectivity index (χ1) is 23.7. The topological polar surface area (TPSA) is 82.7 Å². The first kappa shape index (κ1) is 34.6. The number of aromatic nitrogens is 4. The average Bonchev–Trinajstić information content (AvgIpc) is 3.93. The largest absolute Gasteiger partial charge is 0.337 e. The number of benzene rings is 2. The zero-order valence-electron chi connectivity index (χ0n) is 29.6. The van der Waals surface area contributed by atoms with Crippen LogP contribution in [0.2, 0.25) is 0 Å². The second kappa shape index (κ2) is 16.0. The molecule has 1 aliphatic carbocycles. The van der Waals surface area contributed by atoms with Gasteiger partial charge in [-0.05, 0) is 87.1 Å². The van der Waals surface area contributed by atoms with Crippen LogP contribution in [0.5, 0.6) is 0 Å². The van der Waals surface area contributed by atoms with Crippen molar-refractivity contribution in [2.45, 2.75) is 83.2 Å². The van der Waals surface area contributed by atoms with Gasteiger partial charge in [0.15, 0.2) is 0 Å². The monoisotopic (exact) mass is 664 g/mol. The molecule has 2 amide bonds. The van der Waals surface area contributed by atoms with Crippen molar-refractivity contribution in [2.75, 3.05) is 40.3 Å². The molecule has 2 aliphatic heterocycles. The van der Waals surface area contributed by atoms with E-state index in [0.29, 0.717) is 18.1 Å². The molecule has 2 aromatic heterocycles.